The van der Waals surface area contributed by atoms with Crippen molar-refractivity contribution in [3.63, 3.8) is 0 Å². The van der Waals surface area contributed by atoms with Crippen molar-refractivity contribution in [1.29, 1.82) is 0 Å². The molecule has 0 spiro atoms. The van der Waals surface area contributed by atoms with E-state index in [-0.39, 0.29) is 24.1 Å². The number of methoxy groups -OCH3 is 1. The van der Waals surface area contributed by atoms with Gasteiger partial charge in [0, 0.05) is 17.5 Å². The SMILES string of the molecule is COc1ccc(C)cc1C(C)NC(=O)NCC1(CO)CC1. The molecule has 1 aliphatic carbocycles. The maximum absolute atomic E-state index is 12.0. The van der Waals surface area contributed by atoms with Crippen LogP contribution in [0.5, 0.6) is 5.75 Å². The molecule has 0 bridgehead atoms. The molecule has 2 rings (SSSR count). The van der Waals surface area contributed by atoms with E-state index < -0.39 is 0 Å². The van der Waals surface area contributed by atoms with Crippen LogP contribution < -0.4 is 15.4 Å². The summed E-state index contributed by atoms with van der Waals surface area (Å²) in [6, 6.07) is 5.54. The van der Waals surface area contributed by atoms with Gasteiger partial charge in [-0.2, -0.15) is 0 Å². The molecule has 21 heavy (non-hydrogen) atoms. The summed E-state index contributed by atoms with van der Waals surface area (Å²) >= 11 is 0. The van der Waals surface area contributed by atoms with Crippen LogP contribution in [0.4, 0.5) is 4.79 Å². The van der Waals surface area contributed by atoms with Crippen molar-refractivity contribution in [1.82, 2.24) is 10.6 Å². The zero-order valence-electron chi connectivity index (χ0n) is 12.9. The highest BCUT2D eigenvalue weighted by Gasteiger charge is 2.42. The molecule has 2 amide bonds. The molecular weight excluding hydrogens is 268 g/mol. The Morgan fingerprint density at radius 3 is 2.76 bits per heavy atom. The molecule has 116 valence electrons. The van der Waals surface area contributed by atoms with Gasteiger partial charge in [-0.05, 0) is 32.8 Å². The van der Waals surface area contributed by atoms with Crippen LogP contribution >= 0.6 is 0 Å². The molecule has 0 radical (unpaired) electrons. The van der Waals surface area contributed by atoms with E-state index in [2.05, 4.69) is 10.6 Å². The number of hydrogen-bond donors (Lipinski definition) is 3. The Morgan fingerprint density at radius 1 is 1.48 bits per heavy atom. The fourth-order valence-electron chi connectivity index (χ4n) is 2.35. The van der Waals surface area contributed by atoms with Crippen LogP contribution in [0.15, 0.2) is 18.2 Å². The van der Waals surface area contributed by atoms with Gasteiger partial charge in [0.1, 0.15) is 5.75 Å². The number of rotatable bonds is 6. The molecule has 3 N–H and O–H groups in total. The van der Waals surface area contributed by atoms with E-state index in [1.807, 2.05) is 32.0 Å². The first-order valence-electron chi connectivity index (χ1n) is 7.29. The summed E-state index contributed by atoms with van der Waals surface area (Å²) in [5, 5.41) is 15.0. The van der Waals surface area contributed by atoms with E-state index >= 15 is 0 Å². The Morgan fingerprint density at radius 2 is 2.19 bits per heavy atom. The summed E-state index contributed by atoms with van der Waals surface area (Å²) < 4.78 is 5.34. The van der Waals surface area contributed by atoms with E-state index in [1.54, 1.807) is 7.11 Å². The lowest BCUT2D eigenvalue weighted by molar-refractivity contribution is 0.202. The number of nitrogens with one attached hydrogen (secondary N) is 2. The summed E-state index contributed by atoms with van der Waals surface area (Å²) in [6.07, 6.45) is 1.95. The van der Waals surface area contributed by atoms with Gasteiger partial charge in [-0.15, -0.1) is 0 Å². The molecule has 1 aromatic rings. The van der Waals surface area contributed by atoms with Crippen LogP contribution in [0.1, 0.15) is 36.9 Å². The third kappa shape index (κ3) is 3.88. The molecular formula is C16H24N2O3. The number of carbonyl (C=O) groups excluding carboxylic acids is 1. The van der Waals surface area contributed by atoms with Crippen LogP contribution in [0.2, 0.25) is 0 Å². The lowest BCUT2D eigenvalue weighted by Crippen LogP contribution is -2.40. The second-order valence-electron chi connectivity index (χ2n) is 5.95. The number of carbonyl (C=O) groups is 1. The van der Waals surface area contributed by atoms with Gasteiger partial charge in [0.25, 0.3) is 0 Å². The lowest BCUT2D eigenvalue weighted by Gasteiger charge is -2.19. The first-order valence-corrected chi connectivity index (χ1v) is 7.29. The highest BCUT2D eigenvalue weighted by molar-refractivity contribution is 5.74. The molecule has 5 heteroatoms. The Hall–Kier alpha value is -1.75. The number of benzene rings is 1. The number of ether oxygens (including phenoxy) is 1. The maximum Gasteiger partial charge on any atom is 0.315 e. The van der Waals surface area contributed by atoms with Gasteiger partial charge < -0.3 is 20.5 Å². The van der Waals surface area contributed by atoms with E-state index in [0.29, 0.717) is 6.54 Å². The van der Waals surface area contributed by atoms with Crippen LogP contribution in [0.3, 0.4) is 0 Å². The molecule has 1 fully saturated rings. The first-order chi connectivity index (χ1) is 9.99. The van der Waals surface area contributed by atoms with E-state index in [9.17, 15) is 9.90 Å². The zero-order chi connectivity index (χ0) is 15.5. The zero-order valence-corrected chi connectivity index (χ0v) is 12.9. The molecule has 1 aliphatic rings. The smallest absolute Gasteiger partial charge is 0.315 e. The van der Waals surface area contributed by atoms with E-state index in [1.165, 1.54) is 0 Å². The Labute approximate surface area is 125 Å². The number of urea groups is 1. The van der Waals surface area contributed by atoms with Gasteiger partial charge in [0.2, 0.25) is 0 Å². The van der Waals surface area contributed by atoms with Crippen molar-refractivity contribution < 1.29 is 14.6 Å². The quantitative estimate of drug-likeness (QED) is 0.752. The Balaban J connectivity index is 1.92. The van der Waals surface area contributed by atoms with Crippen LogP contribution in [0.25, 0.3) is 0 Å². The normalized spacial score (nSPS) is 17.0. The third-order valence-corrected chi connectivity index (χ3v) is 4.12. The fraction of sp³-hybridized carbons (Fsp3) is 0.562. The molecule has 1 atom stereocenters. The molecule has 1 aromatic carbocycles. The highest BCUT2D eigenvalue weighted by Crippen LogP contribution is 2.44. The number of aryl methyl sites for hydroxylation is 1. The third-order valence-electron chi connectivity index (χ3n) is 4.12. The van der Waals surface area contributed by atoms with Gasteiger partial charge in [-0.25, -0.2) is 4.79 Å². The van der Waals surface area contributed by atoms with Crippen molar-refractivity contribution in [2.75, 3.05) is 20.3 Å². The number of amides is 2. The molecule has 0 heterocycles. The van der Waals surface area contributed by atoms with E-state index in [0.717, 1.165) is 29.7 Å². The van der Waals surface area contributed by atoms with Gasteiger partial charge >= 0.3 is 6.03 Å². The number of aliphatic hydroxyl groups excluding tert-OH is 1. The minimum absolute atomic E-state index is 0.0817. The standard InChI is InChI=1S/C16H24N2O3/c1-11-4-5-14(21-3)13(8-11)12(2)18-15(20)17-9-16(10-19)6-7-16/h4-5,8,12,19H,6-7,9-10H2,1-3H3,(H2,17,18,20). The average Bonchev–Trinajstić information content (AvgIpc) is 3.25. The lowest BCUT2D eigenvalue weighted by atomic mass is 10.0. The minimum Gasteiger partial charge on any atom is -0.496 e. The highest BCUT2D eigenvalue weighted by atomic mass is 16.5. The topological polar surface area (TPSA) is 70.6 Å². The fourth-order valence-corrected chi connectivity index (χ4v) is 2.35. The molecule has 0 aromatic heterocycles. The second-order valence-corrected chi connectivity index (χ2v) is 5.95. The number of aliphatic hydroxyl groups is 1. The van der Waals surface area contributed by atoms with Crippen molar-refractivity contribution in [3.8, 4) is 5.75 Å². The second kappa shape index (κ2) is 6.35. The number of hydrogen-bond acceptors (Lipinski definition) is 3. The predicted molar refractivity (Wildman–Crippen MR) is 81.4 cm³/mol. The molecule has 0 saturated heterocycles. The van der Waals surface area contributed by atoms with Crippen LogP contribution in [0, 0.1) is 12.3 Å². The largest absolute Gasteiger partial charge is 0.496 e. The minimum atomic E-state index is -0.217. The van der Waals surface area contributed by atoms with Gasteiger partial charge in [-0.1, -0.05) is 17.7 Å². The Bertz CT molecular complexity index is 512. The van der Waals surface area contributed by atoms with Crippen molar-refractivity contribution in [2.24, 2.45) is 5.41 Å². The van der Waals surface area contributed by atoms with Gasteiger partial charge in [-0.3, -0.25) is 0 Å². The van der Waals surface area contributed by atoms with Crippen molar-refractivity contribution in [2.45, 2.75) is 32.7 Å². The summed E-state index contributed by atoms with van der Waals surface area (Å²) in [5.74, 6) is 0.766. The first kappa shape index (κ1) is 15.6. The van der Waals surface area contributed by atoms with Gasteiger partial charge in [0.05, 0.1) is 19.8 Å². The van der Waals surface area contributed by atoms with Crippen molar-refractivity contribution in [3.05, 3.63) is 29.3 Å². The molecule has 1 saturated carbocycles. The predicted octanol–water partition coefficient (Wildman–Crippen LogP) is 2.14. The molecule has 1 unspecified atom stereocenters. The Kier molecular flexibility index (Phi) is 4.73. The van der Waals surface area contributed by atoms with Crippen LogP contribution in [-0.2, 0) is 0 Å². The molecule has 5 nitrogen and oxygen atoms in total. The average molecular weight is 292 g/mol. The van der Waals surface area contributed by atoms with E-state index in [4.69, 9.17) is 4.74 Å². The summed E-state index contributed by atoms with van der Waals surface area (Å²) in [6.45, 7) is 4.59. The maximum atomic E-state index is 12.0. The summed E-state index contributed by atoms with van der Waals surface area (Å²) in [4.78, 5) is 12.0. The summed E-state index contributed by atoms with van der Waals surface area (Å²) in [7, 11) is 1.62. The van der Waals surface area contributed by atoms with Crippen LogP contribution in [-0.4, -0.2) is 31.4 Å². The summed E-state index contributed by atoms with van der Waals surface area (Å²) in [5.41, 5.74) is 2.00. The van der Waals surface area contributed by atoms with Gasteiger partial charge in [0.15, 0.2) is 0 Å². The molecule has 0 aliphatic heterocycles. The monoisotopic (exact) mass is 292 g/mol. The van der Waals surface area contributed by atoms with Crippen molar-refractivity contribution >= 4 is 6.03 Å².